The summed E-state index contributed by atoms with van der Waals surface area (Å²) in [5, 5.41) is 3.20. The van der Waals surface area contributed by atoms with Gasteiger partial charge in [0.05, 0.1) is 6.10 Å². The van der Waals surface area contributed by atoms with Crippen molar-refractivity contribution in [1.82, 2.24) is 9.97 Å². The lowest BCUT2D eigenvalue weighted by Crippen LogP contribution is -2.19. The van der Waals surface area contributed by atoms with Gasteiger partial charge < -0.3 is 20.5 Å². The molecule has 1 aliphatic heterocycles. The van der Waals surface area contributed by atoms with Crippen LogP contribution < -0.4 is 15.8 Å². The van der Waals surface area contributed by atoms with Gasteiger partial charge in [-0.05, 0) is 25.0 Å². The van der Waals surface area contributed by atoms with Crippen LogP contribution in [0.5, 0.6) is 11.6 Å². The van der Waals surface area contributed by atoms with Crippen molar-refractivity contribution >= 4 is 11.5 Å². The lowest BCUT2D eigenvalue weighted by molar-refractivity contribution is 0.120. The second kappa shape index (κ2) is 6.41. The van der Waals surface area contributed by atoms with Crippen LogP contribution in [0.3, 0.4) is 0 Å². The van der Waals surface area contributed by atoms with E-state index < -0.39 is 0 Å². The summed E-state index contributed by atoms with van der Waals surface area (Å²) >= 11 is 0. The number of nitrogens with zero attached hydrogens (tertiary/aromatic N) is 2. The van der Waals surface area contributed by atoms with E-state index in [1.807, 2.05) is 30.3 Å². The molecule has 0 bridgehead atoms. The fourth-order valence-corrected chi connectivity index (χ4v) is 2.22. The topological polar surface area (TPSA) is 82.3 Å². The van der Waals surface area contributed by atoms with Crippen molar-refractivity contribution in [2.24, 2.45) is 0 Å². The van der Waals surface area contributed by atoms with Crippen LogP contribution in [0.2, 0.25) is 0 Å². The molecule has 1 aromatic carbocycles. The van der Waals surface area contributed by atoms with Gasteiger partial charge in [-0.3, -0.25) is 0 Å². The van der Waals surface area contributed by atoms with Crippen molar-refractivity contribution in [3.8, 4) is 11.6 Å². The Hall–Kier alpha value is -2.34. The van der Waals surface area contributed by atoms with Crippen molar-refractivity contribution < 1.29 is 9.47 Å². The average Bonchev–Trinajstić information content (AvgIpc) is 3.03. The van der Waals surface area contributed by atoms with E-state index >= 15 is 0 Å². The molecule has 0 saturated carbocycles. The van der Waals surface area contributed by atoms with Crippen LogP contribution in [0, 0.1) is 0 Å². The van der Waals surface area contributed by atoms with E-state index in [2.05, 4.69) is 15.3 Å². The molecule has 0 amide bonds. The minimum absolute atomic E-state index is 0.220. The van der Waals surface area contributed by atoms with E-state index in [1.165, 1.54) is 6.33 Å². The van der Waals surface area contributed by atoms with Gasteiger partial charge in [0.2, 0.25) is 5.88 Å². The summed E-state index contributed by atoms with van der Waals surface area (Å²) in [5.41, 5.74) is 6.46. The van der Waals surface area contributed by atoms with Gasteiger partial charge in [-0.15, -0.1) is 0 Å². The highest BCUT2D eigenvalue weighted by Crippen LogP contribution is 2.29. The first-order valence-electron chi connectivity index (χ1n) is 7.02. The van der Waals surface area contributed by atoms with Crippen molar-refractivity contribution in [2.45, 2.75) is 18.9 Å². The van der Waals surface area contributed by atoms with Gasteiger partial charge in [0.15, 0.2) is 5.82 Å². The molecule has 2 heterocycles. The molecular weight excluding hydrogens is 268 g/mol. The SMILES string of the molecule is Nc1c(NCC2CCCO2)ncnc1Oc1ccccc1. The monoisotopic (exact) mass is 286 g/mol. The number of hydrogen-bond donors (Lipinski definition) is 2. The molecule has 1 aromatic heterocycles. The molecule has 1 unspecified atom stereocenters. The Morgan fingerprint density at radius 3 is 2.90 bits per heavy atom. The minimum Gasteiger partial charge on any atom is -0.437 e. The van der Waals surface area contributed by atoms with Crippen molar-refractivity contribution in [1.29, 1.82) is 0 Å². The van der Waals surface area contributed by atoms with Crippen LogP contribution in [0.25, 0.3) is 0 Å². The number of hydrogen-bond acceptors (Lipinski definition) is 6. The number of aromatic nitrogens is 2. The van der Waals surface area contributed by atoms with E-state index in [0.29, 0.717) is 29.7 Å². The van der Waals surface area contributed by atoms with Crippen LogP contribution in [0.1, 0.15) is 12.8 Å². The van der Waals surface area contributed by atoms with Crippen LogP contribution in [0.15, 0.2) is 36.7 Å². The number of nitrogens with one attached hydrogen (secondary N) is 1. The third kappa shape index (κ3) is 3.41. The molecule has 3 N–H and O–H groups in total. The predicted molar refractivity (Wildman–Crippen MR) is 80.4 cm³/mol. The van der Waals surface area contributed by atoms with Gasteiger partial charge in [0.1, 0.15) is 17.8 Å². The summed E-state index contributed by atoms with van der Waals surface area (Å²) in [4.78, 5) is 8.24. The number of ether oxygens (including phenoxy) is 2. The predicted octanol–water partition coefficient (Wildman–Crippen LogP) is 2.44. The fraction of sp³-hybridized carbons (Fsp3) is 0.333. The standard InChI is InChI=1S/C15H18N4O2/c16-13-14(17-9-12-7-4-8-20-12)18-10-19-15(13)21-11-5-2-1-3-6-11/h1-3,5-6,10,12H,4,7-9,16H2,(H,17,18,19). The zero-order valence-corrected chi connectivity index (χ0v) is 11.7. The Morgan fingerprint density at radius 2 is 2.14 bits per heavy atom. The number of nitrogen functional groups attached to an aromatic ring is 1. The van der Waals surface area contributed by atoms with Gasteiger partial charge in [-0.1, -0.05) is 18.2 Å². The molecule has 21 heavy (non-hydrogen) atoms. The first-order chi connectivity index (χ1) is 10.3. The highest BCUT2D eigenvalue weighted by Gasteiger charge is 2.17. The number of rotatable bonds is 5. The smallest absolute Gasteiger partial charge is 0.248 e. The number of nitrogens with two attached hydrogens (primary N) is 1. The van der Waals surface area contributed by atoms with Gasteiger partial charge in [-0.25, -0.2) is 4.98 Å². The normalized spacial score (nSPS) is 17.6. The minimum atomic E-state index is 0.220. The highest BCUT2D eigenvalue weighted by molar-refractivity contribution is 5.66. The lowest BCUT2D eigenvalue weighted by atomic mass is 10.2. The third-order valence-electron chi connectivity index (χ3n) is 3.33. The molecule has 1 atom stereocenters. The molecular formula is C15H18N4O2. The highest BCUT2D eigenvalue weighted by atomic mass is 16.5. The summed E-state index contributed by atoms with van der Waals surface area (Å²) in [6.07, 6.45) is 3.82. The Bertz CT molecular complexity index is 585. The van der Waals surface area contributed by atoms with E-state index in [-0.39, 0.29) is 6.10 Å². The Kier molecular flexibility index (Phi) is 4.16. The summed E-state index contributed by atoms with van der Waals surface area (Å²) in [6.45, 7) is 1.51. The van der Waals surface area contributed by atoms with E-state index in [0.717, 1.165) is 19.4 Å². The molecule has 6 heteroatoms. The van der Waals surface area contributed by atoms with Crippen LogP contribution in [-0.2, 0) is 4.74 Å². The summed E-state index contributed by atoms with van der Waals surface area (Å²) in [6, 6.07) is 9.40. The maximum Gasteiger partial charge on any atom is 0.248 e. The van der Waals surface area contributed by atoms with Gasteiger partial charge in [0.25, 0.3) is 0 Å². The van der Waals surface area contributed by atoms with Crippen molar-refractivity contribution in [3.05, 3.63) is 36.7 Å². The molecule has 0 radical (unpaired) electrons. The van der Waals surface area contributed by atoms with Crippen molar-refractivity contribution in [2.75, 3.05) is 24.2 Å². The quantitative estimate of drug-likeness (QED) is 0.878. The molecule has 1 aliphatic rings. The zero-order chi connectivity index (χ0) is 14.5. The van der Waals surface area contributed by atoms with Crippen LogP contribution >= 0.6 is 0 Å². The van der Waals surface area contributed by atoms with Crippen LogP contribution in [0.4, 0.5) is 11.5 Å². The second-order valence-electron chi connectivity index (χ2n) is 4.87. The molecule has 0 spiro atoms. The van der Waals surface area contributed by atoms with E-state index in [1.54, 1.807) is 0 Å². The Balaban J connectivity index is 1.69. The van der Waals surface area contributed by atoms with Crippen molar-refractivity contribution in [3.63, 3.8) is 0 Å². The average molecular weight is 286 g/mol. The first kappa shape index (κ1) is 13.6. The van der Waals surface area contributed by atoms with Crippen LogP contribution in [-0.4, -0.2) is 29.2 Å². The molecule has 2 aromatic rings. The summed E-state index contributed by atoms with van der Waals surface area (Å²) < 4.78 is 11.2. The lowest BCUT2D eigenvalue weighted by Gasteiger charge is -2.14. The van der Waals surface area contributed by atoms with Gasteiger partial charge in [0, 0.05) is 13.2 Å². The molecule has 0 aliphatic carbocycles. The largest absolute Gasteiger partial charge is 0.437 e. The Labute approximate surface area is 123 Å². The zero-order valence-electron chi connectivity index (χ0n) is 11.7. The number of benzene rings is 1. The van der Waals surface area contributed by atoms with E-state index in [9.17, 15) is 0 Å². The first-order valence-corrected chi connectivity index (χ1v) is 7.02. The van der Waals surface area contributed by atoms with E-state index in [4.69, 9.17) is 15.2 Å². The summed E-state index contributed by atoms with van der Waals surface area (Å²) in [7, 11) is 0. The molecule has 6 nitrogen and oxygen atoms in total. The second-order valence-corrected chi connectivity index (χ2v) is 4.87. The number of para-hydroxylation sites is 1. The van der Waals surface area contributed by atoms with Gasteiger partial charge in [-0.2, -0.15) is 4.98 Å². The number of anilines is 2. The maximum atomic E-state index is 6.06. The maximum absolute atomic E-state index is 6.06. The Morgan fingerprint density at radius 1 is 1.29 bits per heavy atom. The fourth-order valence-electron chi connectivity index (χ4n) is 2.22. The molecule has 1 saturated heterocycles. The summed E-state index contributed by atoms with van der Waals surface area (Å²) in [5.74, 6) is 1.62. The third-order valence-corrected chi connectivity index (χ3v) is 3.33. The molecule has 110 valence electrons. The molecule has 1 fully saturated rings. The van der Waals surface area contributed by atoms with Gasteiger partial charge >= 0.3 is 0 Å². The molecule has 3 rings (SSSR count).